The number of amides is 2. The van der Waals surface area contributed by atoms with Gasteiger partial charge in [0.15, 0.2) is 11.5 Å². The van der Waals surface area contributed by atoms with Gasteiger partial charge in [0.25, 0.3) is 5.91 Å². The van der Waals surface area contributed by atoms with Crippen molar-refractivity contribution in [3.63, 3.8) is 0 Å². The molecule has 8 heteroatoms. The number of hydrogen-bond donors (Lipinski definition) is 2. The van der Waals surface area contributed by atoms with Gasteiger partial charge < -0.3 is 24.8 Å². The number of nitrogens with one attached hydrogen (secondary N) is 2. The molecule has 158 valence electrons. The van der Waals surface area contributed by atoms with E-state index in [0.717, 1.165) is 5.56 Å². The Morgan fingerprint density at radius 3 is 2.61 bits per heavy atom. The predicted octanol–water partition coefficient (Wildman–Crippen LogP) is 3.59. The first-order valence-corrected chi connectivity index (χ1v) is 9.67. The van der Waals surface area contributed by atoms with Crippen molar-refractivity contribution < 1.29 is 23.8 Å². The van der Waals surface area contributed by atoms with E-state index in [1.807, 2.05) is 32.0 Å². The van der Waals surface area contributed by atoms with Gasteiger partial charge in [-0.3, -0.25) is 9.59 Å². The lowest BCUT2D eigenvalue weighted by molar-refractivity contribution is -0.115. The number of anilines is 1. The van der Waals surface area contributed by atoms with Gasteiger partial charge >= 0.3 is 0 Å². The zero-order valence-corrected chi connectivity index (χ0v) is 17.1. The van der Waals surface area contributed by atoms with Crippen molar-refractivity contribution in [2.45, 2.75) is 13.8 Å². The SMILES string of the molecule is Cc1ccc(Oc2ccc(NC(=O)CNC(=O)c3ccc4c(c3)OCO4)cn2)cc1C. The molecule has 31 heavy (non-hydrogen) atoms. The molecule has 2 amide bonds. The Hall–Kier alpha value is -4.07. The van der Waals surface area contributed by atoms with E-state index in [1.54, 1.807) is 30.3 Å². The van der Waals surface area contributed by atoms with Crippen LogP contribution >= 0.6 is 0 Å². The summed E-state index contributed by atoms with van der Waals surface area (Å²) in [7, 11) is 0. The van der Waals surface area contributed by atoms with Crippen molar-refractivity contribution in [2.75, 3.05) is 18.7 Å². The summed E-state index contributed by atoms with van der Waals surface area (Å²) >= 11 is 0. The van der Waals surface area contributed by atoms with E-state index in [-0.39, 0.29) is 25.2 Å². The van der Waals surface area contributed by atoms with Crippen molar-refractivity contribution in [2.24, 2.45) is 0 Å². The minimum absolute atomic E-state index is 0.130. The number of benzene rings is 2. The van der Waals surface area contributed by atoms with E-state index < -0.39 is 0 Å². The number of hydrogen-bond acceptors (Lipinski definition) is 6. The predicted molar refractivity (Wildman–Crippen MR) is 114 cm³/mol. The lowest BCUT2D eigenvalue weighted by atomic mass is 10.1. The maximum Gasteiger partial charge on any atom is 0.251 e. The van der Waals surface area contributed by atoms with E-state index >= 15 is 0 Å². The molecule has 0 saturated heterocycles. The summed E-state index contributed by atoms with van der Waals surface area (Å²) < 4.78 is 16.2. The molecule has 0 radical (unpaired) electrons. The molecule has 8 nitrogen and oxygen atoms in total. The molecule has 0 unspecified atom stereocenters. The molecule has 0 spiro atoms. The summed E-state index contributed by atoms with van der Waals surface area (Å²) in [5.74, 6) is 1.44. The van der Waals surface area contributed by atoms with Crippen molar-refractivity contribution in [1.82, 2.24) is 10.3 Å². The number of ether oxygens (including phenoxy) is 3. The van der Waals surface area contributed by atoms with E-state index in [1.165, 1.54) is 11.8 Å². The molecule has 0 aliphatic carbocycles. The first kappa shape index (κ1) is 20.2. The molecule has 0 atom stereocenters. The Morgan fingerprint density at radius 2 is 1.84 bits per heavy atom. The van der Waals surface area contributed by atoms with E-state index in [9.17, 15) is 9.59 Å². The van der Waals surface area contributed by atoms with Gasteiger partial charge in [0.1, 0.15) is 5.75 Å². The van der Waals surface area contributed by atoms with Crippen LogP contribution in [0.4, 0.5) is 5.69 Å². The minimum Gasteiger partial charge on any atom is -0.454 e. The van der Waals surface area contributed by atoms with Crippen molar-refractivity contribution in [3.05, 3.63) is 71.4 Å². The molecule has 1 aliphatic rings. The van der Waals surface area contributed by atoms with Gasteiger partial charge in [0.2, 0.25) is 18.6 Å². The highest BCUT2D eigenvalue weighted by Gasteiger charge is 2.16. The lowest BCUT2D eigenvalue weighted by Crippen LogP contribution is -2.32. The zero-order valence-electron chi connectivity index (χ0n) is 17.1. The van der Waals surface area contributed by atoms with Crippen LogP contribution in [0.5, 0.6) is 23.1 Å². The normalized spacial score (nSPS) is 11.7. The lowest BCUT2D eigenvalue weighted by Gasteiger charge is -2.09. The molecule has 3 aromatic rings. The van der Waals surface area contributed by atoms with Crippen LogP contribution in [0.15, 0.2) is 54.7 Å². The van der Waals surface area contributed by atoms with Crippen LogP contribution in [0, 0.1) is 13.8 Å². The average Bonchev–Trinajstić information content (AvgIpc) is 3.24. The molecule has 1 aliphatic heterocycles. The molecule has 2 heterocycles. The van der Waals surface area contributed by atoms with Crippen LogP contribution in [0.1, 0.15) is 21.5 Å². The molecule has 2 aromatic carbocycles. The number of pyridine rings is 1. The number of aryl methyl sites for hydroxylation is 2. The Labute approximate surface area is 179 Å². The summed E-state index contributed by atoms with van der Waals surface area (Å²) in [6, 6.07) is 14.0. The number of aromatic nitrogens is 1. The van der Waals surface area contributed by atoms with Gasteiger partial charge in [0.05, 0.1) is 18.4 Å². The highest BCUT2D eigenvalue weighted by molar-refractivity contribution is 5.99. The molecule has 0 saturated carbocycles. The van der Waals surface area contributed by atoms with Gasteiger partial charge in [-0.1, -0.05) is 6.07 Å². The summed E-state index contributed by atoms with van der Waals surface area (Å²) in [4.78, 5) is 28.6. The summed E-state index contributed by atoms with van der Waals surface area (Å²) in [5.41, 5.74) is 3.19. The van der Waals surface area contributed by atoms with Gasteiger partial charge in [-0.2, -0.15) is 0 Å². The molecule has 2 N–H and O–H groups in total. The fraction of sp³-hybridized carbons (Fsp3) is 0.174. The van der Waals surface area contributed by atoms with Crippen LogP contribution in [0.3, 0.4) is 0 Å². The smallest absolute Gasteiger partial charge is 0.251 e. The second kappa shape index (κ2) is 8.74. The van der Waals surface area contributed by atoms with Crippen LogP contribution in [-0.4, -0.2) is 30.1 Å². The quantitative estimate of drug-likeness (QED) is 0.634. The second-order valence-corrected chi connectivity index (χ2v) is 7.03. The Balaban J connectivity index is 1.28. The number of nitrogens with zero attached hydrogens (tertiary/aromatic N) is 1. The maximum atomic E-state index is 12.2. The third kappa shape index (κ3) is 4.92. The van der Waals surface area contributed by atoms with Gasteiger partial charge in [-0.25, -0.2) is 4.98 Å². The molecule has 0 bridgehead atoms. The fourth-order valence-electron chi connectivity index (χ4n) is 2.92. The van der Waals surface area contributed by atoms with Gasteiger partial charge in [-0.15, -0.1) is 0 Å². The van der Waals surface area contributed by atoms with Crippen molar-refractivity contribution in [1.29, 1.82) is 0 Å². The first-order valence-electron chi connectivity index (χ1n) is 9.67. The van der Waals surface area contributed by atoms with Gasteiger partial charge in [-0.05, 0) is 61.4 Å². The molecule has 0 fully saturated rings. The summed E-state index contributed by atoms with van der Waals surface area (Å²) in [6.07, 6.45) is 1.49. The zero-order chi connectivity index (χ0) is 21.8. The number of rotatable bonds is 6. The average molecular weight is 419 g/mol. The van der Waals surface area contributed by atoms with Crippen molar-refractivity contribution in [3.8, 4) is 23.1 Å². The molecule has 1 aromatic heterocycles. The topological polar surface area (TPSA) is 98.8 Å². The summed E-state index contributed by atoms with van der Waals surface area (Å²) in [5, 5.41) is 5.25. The maximum absolute atomic E-state index is 12.2. The molecular formula is C23H21N3O5. The fourth-order valence-corrected chi connectivity index (χ4v) is 2.92. The molecular weight excluding hydrogens is 398 g/mol. The summed E-state index contributed by atoms with van der Waals surface area (Å²) in [6.45, 7) is 3.99. The Morgan fingerprint density at radius 1 is 1.00 bits per heavy atom. The Bertz CT molecular complexity index is 1130. The number of carbonyl (C=O) groups excluding carboxylic acids is 2. The molecule has 4 rings (SSSR count). The van der Waals surface area contributed by atoms with E-state index in [0.29, 0.717) is 34.4 Å². The Kier molecular flexibility index (Phi) is 5.70. The van der Waals surface area contributed by atoms with Crippen LogP contribution < -0.4 is 24.8 Å². The largest absolute Gasteiger partial charge is 0.454 e. The van der Waals surface area contributed by atoms with Crippen LogP contribution in [-0.2, 0) is 4.79 Å². The van der Waals surface area contributed by atoms with E-state index in [2.05, 4.69) is 15.6 Å². The monoisotopic (exact) mass is 419 g/mol. The third-order valence-corrected chi connectivity index (χ3v) is 4.77. The van der Waals surface area contributed by atoms with Crippen LogP contribution in [0.2, 0.25) is 0 Å². The number of carbonyl (C=O) groups is 2. The highest BCUT2D eigenvalue weighted by atomic mass is 16.7. The van der Waals surface area contributed by atoms with Crippen molar-refractivity contribution >= 4 is 17.5 Å². The van der Waals surface area contributed by atoms with Crippen LogP contribution in [0.25, 0.3) is 0 Å². The van der Waals surface area contributed by atoms with Gasteiger partial charge in [0, 0.05) is 11.6 Å². The first-order chi connectivity index (χ1) is 15.0. The second-order valence-electron chi connectivity index (χ2n) is 7.03. The standard InChI is InChI=1S/C23H21N3O5/c1-14-3-6-18(9-15(14)2)31-22-8-5-17(11-24-22)26-21(27)12-25-23(28)16-4-7-19-20(10-16)30-13-29-19/h3-11H,12-13H2,1-2H3,(H,25,28)(H,26,27). The van der Waals surface area contributed by atoms with E-state index in [4.69, 9.17) is 14.2 Å². The highest BCUT2D eigenvalue weighted by Crippen LogP contribution is 2.32. The number of fused-ring (bicyclic) bond motifs is 1. The minimum atomic E-state index is -0.385. The third-order valence-electron chi connectivity index (χ3n) is 4.77.